The van der Waals surface area contributed by atoms with Crippen molar-refractivity contribution in [3.63, 3.8) is 0 Å². The lowest BCUT2D eigenvalue weighted by atomic mass is 10.2. The fraction of sp³-hybridized carbons (Fsp3) is 0.417. The predicted molar refractivity (Wildman–Crippen MR) is 67.1 cm³/mol. The van der Waals surface area contributed by atoms with Gasteiger partial charge in [0, 0.05) is 11.9 Å². The summed E-state index contributed by atoms with van der Waals surface area (Å²) in [4.78, 5) is 2.31. The minimum absolute atomic E-state index is 0.242. The zero-order valence-electron chi connectivity index (χ0n) is 8.97. The van der Waals surface area contributed by atoms with Crippen LogP contribution >= 0.6 is 11.5 Å². The third-order valence-electron chi connectivity index (χ3n) is 3.21. The summed E-state index contributed by atoms with van der Waals surface area (Å²) in [6, 6.07) is 8.49. The van der Waals surface area contributed by atoms with Crippen molar-refractivity contribution < 1.29 is 5.11 Å². The van der Waals surface area contributed by atoms with E-state index in [1.165, 1.54) is 10.4 Å². The molecule has 3 rings (SSSR count). The van der Waals surface area contributed by atoms with E-state index in [2.05, 4.69) is 15.3 Å². The van der Waals surface area contributed by atoms with E-state index in [0.29, 0.717) is 0 Å². The Bertz CT molecular complexity index is 496. The molecule has 0 aliphatic carbocycles. The van der Waals surface area contributed by atoms with Crippen molar-refractivity contribution in [2.24, 2.45) is 0 Å². The lowest BCUT2D eigenvalue weighted by molar-refractivity contribution is 0.267. The first-order chi connectivity index (χ1) is 7.90. The van der Waals surface area contributed by atoms with Gasteiger partial charge < -0.3 is 10.0 Å². The average Bonchev–Trinajstić information content (AvgIpc) is 2.94. The predicted octanol–water partition coefficient (Wildman–Crippen LogP) is 2.26. The largest absolute Gasteiger partial charge is 0.394 e. The van der Waals surface area contributed by atoms with Crippen molar-refractivity contribution in [1.82, 2.24) is 4.37 Å². The Morgan fingerprint density at radius 3 is 3.19 bits per heavy atom. The van der Waals surface area contributed by atoms with Crippen LogP contribution in [0.4, 0.5) is 5.00 Å². The van der Waals surface area contributed by atoms with E-state index in [0.717, 1.165) is 24.9 Å². The van der Waals surface area contributed by atoms with Gasteiger partial charge in [-0.25, -0.2) is 0 Å². The summed E-state index contributed by atoms with van der Waals surface area (Å²) in [6.07, 6.45) is 2.25. The molecule has 1 saturated heterocycles. The Kier molecular flexibility index (Phi) is 2.53. The lowest BCUT2D eigenvalue weighted by Crippen LogP contribution is -2.31. The van der Waals surface area contributed by atoms with Crippen LogP contribution in [0, 0.1) is 0 Å². The fourth-order valence-corrected chi connectivity index (χ4v) is 3.34. The summed E-state index contributed by atoms with van der Waals surface area (Å²) in [5.74, 6) is 0. The Morgan fingerprint density at radius 2 is 2.31 bits per heavy atom. The van der Waals surface area contributed by atoms with Crippen LogP contribution in [-0.2, 0) is 0 Å². The van der Waals surface area contributed by atoms with Gasteiger partial charge in [-0.1, -0.05) is 12.1 Å². The molecule has 0 spiro atoms. The van der Waals surface area contributed by atoms with Crippen LogP contribution in [0.15, 0.2) is 24.3 Å². The standard InChI is InChI=1S/C12H14N2OS/c15-8-9-4-3-7-14(9)12-10-5-1-2-6-11(10)13-16-12/h1-2,5-6,9,15H,3-4,7-8H2. The molecular weight excluding hydrogens is 220 g/mol. The van der Waals surface area contributed by atoms with Crippen molar-refractivity contribution >= 4 is 27.4 Å². The van der Waals surface area contributed by atoms with E-state index in [1.807, 2.05) is 18.2 Å². The molecule has 4 heteroatoms. The zero-order valence-corrected chi connectivity index (χ0v) is 9.78. The molecule has 1 unspecified atom stereocenters. The highest BCUT2D eigenvalue weighted by Gasteiger charge is 2.26. The molecule has 1 N–H and O–H groups in total. The third kappa shape index (κ3) is 1.49. The average molecular weight is 234 g/mol. The van der Waals surface area contributed by atoms with E-state index >= 15 is 0 Å². The molecule has 0 radical (unpaired) electrons. The minimum Gasteiger partial charge on any atom is -0.394 e. The number of hydrogen-bond acceptors (Lipinski definition) is 4. The smallest absolute Gasteiger partial charge is 0.120 e. The van der Waals surface area contributed by atoms with E-state index < -0.39 is 0 Å². The first kappa shape index (κ1) is 10.1. The monoisotopic (exact) mass is 234 g/mol. The van der Waals surface area contributed by atoms with Crippen molar-refractivity contribution in [2.75, 3.05) is 18.1 Å². The molecule has 2 heterocycles. The van der Waals surface area contributed by atoms with Gasteiger partial charge in [0.15, 0.2) is 0 Å². The number of benzene rings is 1. The molecule has 0 saturated carbocycles. The first-order valence-electron chi connectivity index (χ1n) is 5.62. The van der Waals surface area contributed by atoms with E-state index in [4.69, 9.17) is 0 Å². The first-order valence-corrected chi connectivity index (χ1v) is 6.39. The quantitative estimate of drug-likeness (QED) is 0.866. The SMILES string of the molecule is OCC1CCCN1c1snc2ccccc12. The van der Waals surface area contributed by atoms with E-state index in [9.17, 15) is 5.11 Å². The highest BCUT2D eigenvalue weighted by Crippen LogP contribution is 2.35. The van der Waals surface area contributed by atoms with Gasteiger partial charge in [-0.15, -0.1) is 0 Å². The third-order valence-corrected chi connectivity index (χ3v) is 4.13. The fourth-order valence-electron chi connectivity index (χ4n) is 2.38. The van der Waals surface area contributed by atoms with Gasteiger partial charge in [0.25, 0.3) is 0 Å². The molecule has 84 valence electrons. The molecule has 3 nitrogen and oxygen atoms in total. The maximum Gasteiger partial charge on any atom is 0.120 e. The zero-order chi connectivity index (χ0) is 11.0. The molecule has 0 amide bonds. The Morgan fingerprint density at radius 1 is 1.44 bits per heavy atom. The molecule has 1 atom stereocenters. The molecule has 0 bridgehead atoms. The van der Waals surface area contributed by atoms with Crippen LogP contribution in [0.3, 0.4) is 0 Å². The number of nitrogens with zero attached hydrogens (tertiary/aromatic N) is 2. The van der Waals surface area contributed by atoms with Gasteiger partial charge in [0.05, 0.1) is 18.2 Å². The van der Waals surface area contributed by atoms with Crippen molar-refractivity contribution in [3.8, 4) is 0 Å². The van der Waals surface area contributed by atoms with Gasteiger partial charge in [-0.3, -0.25) is 0 Å². The molecule has 1 aromatic carbocycles. The van der Waals surface area contributed by atoms with Crippen LogP contribution in [-0.4, -0.2) is 28.7 Å². The van der Waals surface area contributed by atoms with E-state index in [1.54, 1.807) is 11.5 Å². The van der Waals surface area contributed by atoms with Crippen LogP contribution < -0.4 is 4.90 Å². The number of anilines is 1. The summed E-state index contributed by atoms with van der Waals surface area (Å²) in [6.45, 7) is 1.28. The molecule has 1 aromatic heterocycles. The molecule has 16 heavy (non-hydrogen) atoms. The normalized spacial score (nSPS) is 20.8. The summed E-state index contributed by atoms with van der Waals surface area (Å²) in [7, 11) is 0. The molecule has 2 aromatic rings. The number of hydrogen-bond donors (Lipinski definition) is 1. The van der Waals surface area contributed by atoms with Crippen molar-refractivity contribution in [2.45, 2.75) is 18.9 Å². The Labute approximate surface area is 98.5 Å². The van der Waals surface area contributed by atoms with Gasteiger partial charge in [0.2, 0.25) is 0 Å². The second kappa shape index (κ2) is 4.03. The second-order valence-electron chi connectivity index (χ2n) is 4.18. The summed E-state index contributed by atoms with van der Waals surface area (Å²) < 4.78 is 4.45. The highest BCUT2D eigenvalue weighted by molar-refractivity contribution is 7.11. The second-order valence-corrected chi connectivity index (χ2v) is 4.93. The molecule has 1 fully saturated rings. The number of rotatable bonds is 2. The minimum atomic E-state index is 0.242. The maximum absolute atomic E-state index is 9.35. The maximum atomic E-state index is 9.35. The summed E-state index contributed by atoms with van der Waals surface area (Å²) in [5, 5.41) is 11.8. The summed E-state index contributed by atoms with van der Waals surface area (Å²) >= 11 is 1.54. The topological polar surface area (TPSA) is 36.4 Å². The van der Waals surface area contributed by atoms with Gasteiger partial charge in [0.1, 0.15) is 5.00 Å². The van der Waals surface area contributed by atoms with Gasteiger partial charge >= 0.3 is 0 Å². The highest BCUT2D eigenvalue weighted by atomic mass is 32.1. The lowest BCUT2D eigenvalue weighted by Gasteiger charge is -2.23. The van der Waals surface area contributed by atoms with E-state index in [-0.39, 0.29) is 12.6 Å². The number of aliphatic hydroxyl groups excluding tert-OH is 1. The number of aliphatic hydroxyl groups is 1. The van der Waals surface area contributed by atoms with Crippen LogP contribution in [0.25, 0.3) is 10.9 Å². The van der Waals surface area contributed by atoms with Gasteiger partial charge in [-0.05, 0) is 36.5 Å². The Balaban J connectivity index is 2.05. The Hall–Kier alpha value is -1.13. The van der Waals surface area contributed by atoms with Crippen LogP contribution in [0.2, 0.25) is 0 Å². The van der Waals surface area contributed by atoms with Crippen LogP contribution in [0.5, 0.6) is 0 Å². The molecular formula is C12H14N2OS. The molecule has 1 aliphatic rings. The molecule has 1 aliphatic heterocycles. The van der Waals surface area contributed by atoms with Crippen LogP contribution in [0.1, 0.15) is 12.8 Å². The number of fused-ring (bicyclic) bond motifs is 1. The number of aromatic nitrogens is 1. The summed E-state index contributed by atoms with van der Waals surface area (Å²) in [5.41, 5.74) is 1.06. The van der Waals surface area contributed by atoms with Crippen molar-refractivity contribution in [1.29, 1.82) is 0 Å². The van der Waals surface area contributed by atoms with Crippen molar-refractivity contribution in [3.05, 3.63) is 24.3 Å². The van der Waals surface area contributed by atoms with Gasteiger partial charge in [-0.2, -0.15) is 4.37 Å².